The summed E-state index contributed by atoms with van der Waals surface area (Å²) in [5.41, 5.74) is 1.31. The second-order valence-corrected chi connectivity index (χ2v) is 8.56. The van der Waals surface area contributed by atoms with E-state index in [1.807, 2.05) is 11.9 Å². The highest BCUT2D eigenvalue weighted by Crippen LogP contribution is 2.35. The Hall–Kier alpha value is -2.80. The van der Waals surface area contributed by atoms with Crippen molar-refractivity contribution in [2.45, 2.75) is 44.2 Å². The van der Waals surface area contributed by atoms with Crippen LogP contribution in [-0.2, 0) is 0 Å². The molecule has 1 aromatic heterocycles. The maximum atomic E-state index is 13.4. The molecule has 1 saturated carbocycles. The minimum Gasteiger partial charge on any atom is -0.371 e. The number of aromatic nitrogens is 1. The monoisotopic (exact) mass is 461 g/mol. The van der Waals surface area contributed by atoms with Gasteiger partial charge >= 0.3 is 0 Å². The lowest BCUT2D eigenvalue weighted by Gasteiger charge is -2.37. The van der Waals surface area contributed by atoms with E-state index in [0.717, 1.165) is 31.1 Å². The zero-order valence-electron chi connectivity index (χ0n) is 17.5. The zero-order valence-corrected chi connectivity index (χ0v) is 18.2. The first-order valence-electron chi connectivity index (χ1n) is 10.5. The van der Waals surface area contributed by atoms with Crippen LogP contribution >= 0.6 is 11.6 Å². The summed E-state index contributed by atoms with van der Waals surface area (Å²) in [6.07, 6.45) is 0.430. The van der Waals surface area contributed by atoms with Gasteiger partial charge < -0.3 is 10.2 Å². The number of anilines is 1. The smallest absolute Gasteiger partial charge is 0.280 e. The summed E-state index contributed by atoms with van der Waals surface area (Å²) >= 11 is 6.15. The molecule has 1 N–H and O–H groups in total. The van der Waals surface area contributed by atoms with E-state index in [1.165, 1.54) is 30.3 Å². The molecule has 1 heterocycles. The van der Waals surface area contributed by atoms with Gasteiger partial charge in [-0.1, -0.05) is 11.6 Å². The minimum absolute atomic E-state index is 0.0115. The molecule has 0 unspecified atom stereocenters. The normalized spacial score (nSPS) is 18.7. The van der Waals surface area contributed by atoms with Crippen molar-refractivity contribution in [2.24, 2.45) is 0 Å². The summed E-state index contributed by atoms with van der Waals surface area (Å²) < 4.78 is 39.9. The summed E-state index contributed by atoms with van der Waals surface area (Å²) in [7, 11) is 1.90. The van der Waals surface area contributed by atoms with Crippen molar-refractivity contribution >= 4 is 34.1 Å². The molecule has 3 aromatic rings. The molecule has 1 aliphatic carbocycles. The van der Waals surface area contributed by atoms with Crippen molar-refractivity contribution in [3.63, 3.8) is 0 Å². The average Bonchev–Trinajstić information content (AvgIpc) is 2.78. The Labute approximate surface area is 189 Å². The highest BCUT2D eigenvalue weighted by molar-refractivity contribution is 6.31. The highest BCUT2D eigenvalue weighted by Gasteiger charge is 2.27. The van der Waals surface area contributed by atoms with Gasteiger partial charge in [0.25, 0.3) is 12.3 Å². The quantitative estimate of drug-likeness (QED) is 0.496. The molecule has 1 amide bonds. The van der Waals surface area contributed by atoms with Crippen LogP contribution in [0.3, 0.4) is 0 Å². The number of carbonyl (C=O) groups is 1. The van der Waals surface area contributed by atoms with E-state index in [-0.39, 0.29) is 29.5 Å². The molecule has 0 bridgehead atoms. The van der Waals surface area contributed by atoms with Crippen LogP contribution in [0.4, 0.5) is 18.9 Å². The summed E-state index contributed by atoms with van der Waals surface area (Å²) in [5, 5.41) is 4.26. The number of hydrogen-bond donors (Lipinski definition) is 1. The van der Waals surface area contributed by atoms with Gasteiger partial charge in [-0.3, -0.25) is 4.79 Å². The summed E-state index contributed by atoms with van der Waals surface area (Å²) in [6.45, 7) is 0. The lowest BCUT2D eigenvalue weighted by Crippen LogP contribution is -2.43. The number of pyridine rings is 1. The molecule has 8 heteroatoms. The number of rotatable bonds is 5. The average molecular weight is 462 g/mol. The first-order valence-corrected chi connectivity index (χ1v) is 10.9. The maximum Gasteiger partial charge on any atom is 0.280 e. The van der Waals surface area contributed by atoms with Crippen molar-refractivity contribution < 1.29 is 18.0 Å². The molecule has 168 valence electrons. The fourth-order valence-electron chi connectivity index (χ4n) is 4.28. The molecular weight excluding hydrogens is 439 g/mol. The molecule has 2 aromatic carbocycles. The number of benzene rings is 2. The predicted octanol–water partition coefficient (Wildman–Crippen LogP) is 6.14. The SMILES string of the molecule is CN(c1cc(C(F)F)nc2ccc(Cl)cc12)[C@H]1CC[C@@H](NC(=O)c2ccc(F)cc2)CC1. The molecule has 0 saturated heterocycles. The van der Waals surface area contributed by atoms with Crippen LogP contribution < -0.4 is 10.2 Å². The zero-order chi connectivity index (χ0) is 22.8. The molecule has 0 radical (unpaired) electrons. The Bertz CT molecular complexity index is 1120. The molecule has 0 aliphatic heterocycles. The van der Waals surface area contributed by atoms with Gasteiger partial charge in [0, 0.05) is 40.8 Å². The fourth-order valence-corrected chi connectivity index (χ4v) is 4.45. The summed E-state index contributed by atoms with van der Waals surface area (Å²) in [6, 6.07) is 12.1. The van der Waals surface area contributed by atoms with E-state index in [1.54, 1.807) is 18.2 Å². The van der Waals surface area contributed by atoms with Crippen LogP contribution in [0, 0.1) is 5.82 Å². The Morgan fingerprint density at radius 3 is 2.44 bits per heavy atom. The molecular formula is C24H23ClF3N3O. The van der Waals surface area contributed by atoms with Gasteiger partial charge in [-0.15, -0.1) is 0 Å². The van der Waals surface area contributed by atoms with Crippen molar-refractivity contribution in [2.75, 3.05) is 11.9 Å². The van der Waals surface area contributed by atoms with E-state index in [4.69, 9.17) is 11.6 Å². The fraction of sp³-hybridized carbons (Fsp3) is 0.333. The van der Waals surface area contributed by atoms with E-state index in [0.29, 0.717) is 21.8 Å². The number of alkyl halides is 2. The lowest BCUT2D eigenvalue weighted by atomic mass is 9.89. The van der Waals surface area contributed by atoms with E-state index >= 15 is 0 Å². The second kappa shape index (κ2) is 9.36. The van der Waals surface area contributed by atoms with Crippen molar-refractivity contribution in [1.82, 2.24) is 10.3 Å². The van der Waals surface area contributed by atoms with Crippen LogP contribution in [0.2, 0.25) is 5.02 Å². The van der Waals surface area contributed by atoms with Crippen LogP contribution in [0.15, 0.2) is 48.5 Å². The van der Waals surface area contributed by atoms with Crippen molar-refractivity contribution in [3.05, 3.63) is 70.6 Å². The van der Waals surface area contributed by atoms with Crippen LogP contribution in [-0.4, -0.2) is 30.0 Å². The van der Waals surface area contributed by atoms with Crippen LogP contribution in [0.5, 0.6) is 0 Å². The highest BCUT2D eigenvalue weighted by atomic mass is 35.5. The number of carbonyl (C=O) groups excluding carboxylic acids is 1. The third kappa shape index (κ3) is 4.83. The topological polar surface area (TPSA) is 45.2 Å². The second-order valence-electron chi connectivity index (χ2n) is 8.13. The number of amides is 1. The van der Waals surface area contributed by atoms with Crippen molar-refractivity contribution in [3.8, 4) is 0 Å². The molecule has 4 nitrogen and oxygen atoms in total. The van der Waals surface area contributed by atoms with Crippen LogP contribution in [0.1, 0.15) is 48.2 Å². The number of fused-ring (bicyclic) bond motifs is 1. The third-order valence-corrected chi connectivity index (χ3v) is 6.29. The number of hydrogen-bond acceptors (Lipinski definition) is 3. The van der Waals surface area contributed by atoms with Gasteiger partial charge in [0.2, 0.25) is 0 Å². The van der Waals surface area contributed by atoms with Crippen LogP contribution in [0.25, 0.3) is 10.9 Å². The van der Waals surface area contributed by atoms with Gasteiger partial charge in [-0.05, 0) is 74.2 Å². The Morgan fingerprint density at radius 2 is 1.78 bits per heavy atom. The molecule has 1 fully saturated rings. The molecule has 4 rings (SSSR count). The van der Waals surface area contributed by atoms with Gasteiger partial charge in [-0.2, -0.15) is 0 Å². The minimum atomic E-state index is -2.67. The lowest BCUT2D eigenvalue weighted by molar-refractivity contribution is 0.0925. The first-order chi connectivity index (χ1) is 15.3. The van der Waals surface area contributed by atoms with E-state index < -0.39 is 6.43 Å². The van der Waals surface area contributed by atoms with E-state index in [9.17, 15) is 18.0 Å². The third-order valence-electron chi connectivity index (χ3n) is 6.06. The molecule has 0 spiro atoms. The largest absolute Gasteiger partial charge is 0.371 e. The van der Waals surface area contributed by atoms with Gasteiger partial charge in [0.1, 0.15) is 11.5 Å². The Morgan fingerprint density at radius 1 is 1.09 bits per heavy atom. The van der Waals surface area contributed by atoms with Crippen molar-refractivity contribution in [1.29, 1.82) is 0 Å². The van der Waals surface area contributed by atoms with Gasteiger partial charge in [0.05, 0.1) is 5.52 Å². The maximum absolute atomic E-state index is 13.4. The summed E-state index contributed by atoms with van der Waals surface area (Å²) in [5.74, 6) is -0.608. The molecule has 0 atom stereocenters. The predicted molar refractivity (Wildman–Crippen MR) is 120 cm³/mol. The molecule has 1 aliphatic rings. The summed E-state index contributed by atoms with van der Waals surface area (Å²) in [4.78, 5) is 18.5. The standard InChI is InChI=1S/C24H23ClF3N3O/c1-31(22-13-21(23(27)28)30-20-11-4-15(25)12-19(20)22)18-9-7-17(8-10-18)29-24(32)14-2-5-16(26)6-3-14/h2-6,11-13,17-18,23H,7-10H2,1H3,(H,29,32)/t17-,18+. The number of nitrogens with zero attached hydrogens (tertiary/aromatic N) is 2. The number of halogens is 4. The Kier molecular flexibility index (Phi) is 6.55. The van der Waals surface area contributed by atoms with E-state index in [2.05, 4.69) is 10.3 Å². The Balaban J connectivity index is 1.47. The number of nitrogens with one attached hydrogen (secondary N) is 1. The molecule has 32 heavy (non-hydrogen) atoms. The van der Waals surface area contributed by atoms with Gasteiger partial charge in [-0.25, -0.2) is 18.2 Å². The van der Waals surface area contributed by atoms with Gasteiger partial charge in [0.15, 0.2) is 0 Å². The first kappa shape index (κ1) is 22.4.